The summed E-state index contributed by atoms with van der Waals surface area (Å²) in [4.78, 5) is 12.2. The van der Waals surface area contributed by atoms with Crippen LogP contribution < -0.4 is 5.32 Å². The van der Waals surface area contributed by atoms with Crippen molar-refractivity contribution in [1.29, 1.82) is 0 Å². The molecule has 0 aliphatic rings. The van der Waals surface area contributed by atoms with Gasteiger partial charge < -0.3 is 5.32 Å². The van der Waals surface area contributed by atoms with Crippen molar-refractivity contribution in [3.8, 4) is 0 Å². The Labute approximate surface area is 132 Å². The molecule has 0 fully saturated rings. The van der Waals surface area contributed by atoms with E-state index in [2.05, 4.69) is 5.32 Å². The average Bonchev–Trinajstić information content (AvgIpc) is 2.43. The van der Waals surface area contributed by atoms with E-state index in [0.29, 0.717) is 10.7 Å². The Hall–Kier alpha value is -1.56. The van der Waals surface area contributed by atoms with E-state index in [-0.39, 0.29) is 15.5 Å². The highest BCUT2D eigenvalue weighted by Crippen LogP contribution is 2.30. The highest BCUT2D eigenvalue weighted by molar-refractivity contribution is 7.90. The van der Waals surface area contributed by atoms with Crippen molar-refractivity contribution < 1.29 is 13.2 Å². The van der Waals surface area contributed by atoms with E-state index in [1.165, 1.54) is 12.1 Å². The fourth-order valence-corrected chi connectivity index (χ4v) is 3.00. The Morgan fingerprint density at radius 3 is 2.38 bits per heavy atom. The molecule has 0 spiro atoms. The molecule has 0 aliphatic heterocycles. The van der Waals surface area contributed by atoms with Gasteiger partial charge in [-0.1, -0.05) is 41.4 Å². The zero-order valence-electron chi connectivity index (χ0n) is 10.9. The third kappa shape index (κ3) is 3.56. The van der Waals surface area contributed by atoms with Crippen molar-refractivity contribution in [3.63, 3.8) is 0 Å². The first-order valence-corrected chi connectivity index (χ1v) is 8.50. The molecule has 0 saturated carbocycles. The zero-order chi connectivity index (χ0) is 15.6. The van der Waals surface area contributed by atoms with Crippen LogP contribution in [-0.4, -0.2) is 20.6 Å². The smallest absolute Gasteiger partial charge is 0.257 e. The minimum atomic E-state index is -3.51. The molecule has 2 aromatic carbocycles. The lowest BCUT2D eigenvalue weighted by atomic mass is 10.2. The van der Waals surface area contributed by atoms with E-state index in [4.69, 9.17) is 23.2 Å². The van der Waals surface area contributed by atoms with Crippen molar-refractivity contribution in [2.75, 3.05) is 11.6 Å². The number of sulfone groups is 1. The molecule has 0 bridgehead atoms. The number of carbonyl (C=O) groups excluding carboxylic acids is 1. The second kappa shape index (κ2) is 6.05. The number of hydrogen-bond acceptors (Lipinski definition) is 3. The number of anilines is 1. The van der Waals surface area contributed by atoms with Crippen LogP contribution in [0.3, 0.4) is 0 Å². The molecular formula is C14H11Cl2NO3S. The van der Waals surface area contributed by atoms with E-state index >= 15 is 0 Å². The predicted molar refractivity (Wildman–Crippen MR) is 84.0 cm³/mol. The van der Waals surface area contributed by atoms with Crippen LogP contribution in [0.15, 0.2) is 47.4 Å². The van der Waals surface area contributed by atoms with Gasteiger partial charge in [-0.25, -0.2) is 8.42 Å². The van der Waals surface area contributed by atoms with Crippen LogP contribution in [0, 0.1) is 0 Å². The molecule has 110 valence electrons. The van der Waals surface area contributed by atoms with Crippen LogP contribution in [0.5, 0.6) is 0 Å². The van der Waals surface area contributed by atoms with Crippen LogP contribution in [0.4, 0.5) is 5.69 Å². The Bertz CT molecular complexity index is 804. The standard InChI is InChI=1S/C14H11Cl2NO3S/c1-21(19,20)12-8-3-2-5-9(12)14(18)17-11-7-4-6-10(15)13(11)16/h2-8H,1H3,(H,17,18). The fraction of sp³-hybridized carbons (Fsp3) is 0.0714. The Morgan fingerprint density at radius 1 is 1.05 bits per heavy atom. The third-order valence-corrected chi connectivity index (χ3v) is 4.70. The van der Waals surface area contributed by atoms with E-state index in [0.717, 1.165) is 6.26 Å². The molecule has 1 amide bonds. The van der Waals surface area contributed by atoms with Gasteiger partial charge in [0, 0.05) is 6.26 Å². The SMILES string of the molecule is CS(=O)(=O)c1ccccc1C(=O)Nc1cccc(Cl)c1Cl. The molecule has 0 aliphatic carbocycles. The lowest BCUT2D eigenvalue weighted by Crippen LogP contribution is -2.16. The minimum absolute atomic E-state index is 0.0411. The van der Waals surface area contributed by atoms with Gasteiger partial charge in [-0.2, -0.15) is 0 Å². The summed E-state index contributed by atoms with van der Waals surface area (Å²) in [6, 6.07) is 10.8. The lowest BCUT2D eigenvalue weighted by molar-refractivity contribution is 0.102. The summed E-state index contributed by atoms with van der Waals surface area (Å²) in [5, 5.41) is 3.06. The molecule has 0 heterocycles. The molecule has 0 saturated heterocycles. The van der Waals surface area contributed by atoms with Gasteiger partial charge in [-0.05, 0) is 24.3 Å². The highest BCUT2D eigenvalue weighted by atomic mass is 35.5. The Kier molecular flexibility index (Phi) is 4.56. The van der Waals surface area contributed by atoms with E-state index in [1.807, 2.05) is 0 Å². The Morgan fingerprint density at radius 2 is 1.71 bits per heavy atom. The highest BCUT2D eigenvalue weighted by Gasteiger charge is 2.19. The van der Waals surface area contributed by atoms with Gasteiger partial charge in [-0.3, -0.25) is 4.79 Å². The molecule has 0 atom stereocenters. The van der Waals surface area contributed by atoms with Crippen LogP contribution in [0.25, 0.3) is 0 Å². The number of halogens is 2. The zero-order valence-corrected chi connectivity index (χ0v) is 13.3. The maximum atomic E-state index is 12.3. The monoisotopic (exact) mass is 343 g/mol. The topological polar surface area (TPSA) is 63.2 Å². The van der Waals surface area contributed by atoms with Crippen LogP contribution in [-0.2, 0) is 9.84 Å². The van der Waals surface area contributed by atoms with Gasteiger partial charge in [0.1, 0.15) is 0 Å². The van der Waals surface area contributed by atoms with Crippen LogP contribution >= 0.6 is 23.2 Å². The summed E-state index contributed by atoms with van der Waals surface area (Å²) >= 11 is 11.9. The van der Waals surface area contributed by atoms with Gasteiger partial charge in [0.25, 0.3) is 5.91 Å². The van der Waals surface area contributed by atoms with Gasteiger partial charge in [-0.15, -0.1) is 0 Å². The third-order valence-electron chi connectivity index (χ3n) is 2.73. The number of nitrogens with one attached hydrogen (secondary N) is 1. The molecule has 21 heavy (non-hydrogen) atoms. The molecule has 0 aromatic heterocycles. The van der Waals surface area contributed by atoms with Crippen LogP contribution in [0.2, 0.25) is 10.0 Å². The lowest BCUT2D eigenvalue weighted by Gasteiger charge is -2.10. The van der Waals surface area contributed by atoms with E-state index < -0.39 is 15.7 Å². The first-order chi connectivity index (χ1) is 9.80. The van der Waals surface area contributed by atoms with Crippen molar-refractivity contribution >= 4 is 44.6 Å². The number of amides is 1. The molecule has 2 aromatic rings. The maximum absolute atomic E-state index is 12.3. The second-order valence-electron chi connectivity index (χ2n) is 4.32. The van der Waals surface area contributed by atoms with Crippen molar-refractivity contribution in [2.24, 2.45) is 0 Å². The summed E-state index contributed by atoms with van der Waals surface area (Å²) in [5.41, 5.74) is 0.369. The summed E-state index contributed by atoms with van der Waals surface area (Å²) in [5.74, 6) is -0.569. The van der Waals surface area contributed by atoms with E-state index in [1.54, 1.807) is 30.3 Å². The minimum Gasteiger partial charge on any atom is -0.321 e. The molecule has 0 radical (unpaired) electrons. The number of carbonyl (C=O) groups is 1. The number of hydrogen-bond donors (Lipinski definition) is 1. The van der Waals surface area contributed by atoms with Crippen LogP contribution in [0.1, 0.15) is 10.4 Å². The summed E-state index contributed by atoms with van der Waals surface area (Å²) < 4.78 is 23.4. The van der Waals surface area contributed by atoms with Gasteiger partial charge in [0.05, 0.1) is 26.2 Å². The molecule has 7 heteroatoms. The normalized spacial score (nSPS) is 11.2. The van der Waals surface area contributed by atoms with Gasteiger partial charge in [0.2, 0.25) is 0 Å². The largest absolute Gasteiger partial charge is 0.321 e. The average molecular weight is 344 g/mol. The molecule has 4 nitrogen and oxygen atoms in total. The first-order valence-electron chi connectivity index (χ1n) is 5.85. The fourth-order valence-electron chi connectivity index (χ4n) is 1.77. The maximum Gasteiger partial charge on any atom is 0.257 e. The van der Waals surface area contributed by atoms with Crippen molar-refractivity contribution in [1.82, 2.24) is 0 Å². The summed E-state index contributed by atoms with van der Waals surface area (Å²) in [6.07, 6.45) is 1.05. The predicted octanol–water partition coefficient (Wildman–Crippen LogP) is 3.65. The molecule has 0 unspecified atom stereocenters. The molecule has 2 rings (SSSR count). The van der Waals surface area contributed by atoms with Crippen molar-refractivity contribution in [3.05, 3.63) is 58.1 Å². The van der Waals surface area contributed by atoms with E-state index in [9.17, 15) is 13.2 Å². The summed E-state index contributed by atoms with van der Waals surface area (Å²) in [7, 11) is -3.51. The van der Waals surface area contributed by atoms with Crippen molar-refractivity contribution in [2.45, 2.75) is 4.90 Å². The summed E-state index contributed by atoms with van der Waals surface area (Å²) in [6.45, 7) is 0. The second-order valence-corrected chi connectivity index (χ2v) is 7.09. The molecular weight excluding hydrogens is 333 g/mol. The quantitative estimate of drug-likeness (QED) is 0.924. The Balaban J connectivity index is 2.41. The van der Waals surface area contributed by atoms with Gasteiger partial charge in [0.15, 0.2) is 9.84 Å². The number of benzene rings is 2. The number of rotatable bonds is 3. The first kappa shape index (κ1) is 15.8. The van der Waals surface area contributed by atoms with Gasteiger partial charge >= 0.3 is 0 Å². The molecule has 1 N–H and O–H groups in total.